The monoisotopic (exact) mass is 410 g/mol. The second-order valence-electron chi connectivity index (χ2n) is 8.75. The number of anilines is 3. The van der Waals surface area contributed by atoms with Gasteiger partial charge in [0.25, 0.3) is 0 Å². The van der Waals surface area contributed by atoms with Crippen LogP contribution in [0, 0.1) is 25.7 Å². The minimum absolute atomic E-state index is 0.00183. The highest BCUT2D eigenvalue weighted by molar-refractivity contribution is 6.03. The Balaban J connectivity index is 1.36. The SMILES string of the molecule is Cc1ccc(OCC2CC(Nc3nc(C)c4c(n3)N(C)[C@@H](C(C)C)C(=O)N4)C2)cn1. The van der Waals surface area contributed by atoms with E-state index < -0.39 is 0 Å². The zero-order valence-corrected chi connectivity index (χ0v) is 18.3. The number of nitrogens with one attached hydrogen (secondary N) is 2. The van der Waals surface area contributed by atoms with Crippen LogP contribution in [0.25, 0.3) is 0 Å². The van der Waals surface area contributed by atoms with E-state index in [1.54, 1.807) is 6.20 Å². The first-order chi connectivity index (χ1) is 14.3. The van der Waals surface area contributed by atoms with Crippen LogP contribution < -0.4 is 20.3 Å². The number of aromatic nitrogens is 3. The molecule has 1 saturated carbocycles. The van der Waals surface area contributed by atoms with Gasteiger partial charge in [-0.2, -0.15) is 4.98 Å². The van der Waals surface area contributed by atoms with Crippen molar-refractivity contribution in [2.24, 2.45) is 11.8 Å². The number of rotatable bonds is 6. The Labute approximate surface area is 177 Å². The number of nitrogens with zero attached hydrogens (tertiary/aromatic N) is 4. The molecule has 2 N–H and O–H groups in total. The summed E-state index contributed by atoms with van der Waals surface area (Å²) in [6.45, 7) is 8.65. The smallest absolute Gasteiger partial charge is 0.247 e. The van der Waals surface area contributed by atoms with Crippen molar-refractivity contribution in [1.29, 1.82) is 0 Å². The van der Waals surface area contributed by atoms with Crippen LogP contribution in [0.15, 0.2) is 18.3 Å². The van der Waals surface area contributed by atoms with Gasteiger partial charge in [-0.05, 0) is 50.7 Å². The molecular formula is C22H30N6O2. The van der Waals surface area contributed by atoms with E-state index >= 15 is 0 Å². The van der Waals surface area contributed by atoms with Gasteiger partial charge in [-0.3, -0.25) is 9.78 Å². The first kappa shape index (κ1) is 20.4. The summed E-state index contributed by atoms with van der Waals surface area (Å²) in [5, 5.41) is 6.44. The maximum Gasteiger partial charge on any atom is 0.247 e. The number of ether oxygens (including phenoxy) is 1. The Morgan fingerprint density at radius 3 is 2.70 bits per heavy atom. The molecule has 0 saturated heterocycles. The molecule has 0 radical (unpaired) electrons. The molecule has 1 amide bonds. The average molecular weight is 411 g/mol. The van der Waals surface area contributed by atoms with Gasteiger partial charge in [0.05, 0.1) is 18.5 Å². The fourth-order valence-corrected chi connectivity index (χ4v) is 4.20. The fraction of sp³-hybridized carbons (Fsp3) is 0.545. The van der Waals surface area contributed by atoms with E-state index in [9.17, 15) is 4.79 Å². The minimum atomic E-state index is -0.235. The van der Waals surface area contributed by atoms with E-state index in [1.807, 2.05) is 51.8 Å². The van der Waals surface area contributed by atoms with Gasteiger partial charge in [-0.25, -0.2) is 4.98 Å². The highest BCUT2D eigenvalue weighted by Gasteiger charge is 2.36. The van der Waals surface area contributed by atoms with Gasteiger partial charge >= 0.3 is 0 Å². The van der Waals surface area contributed by atoms with Gasteiger partial charge < -0.3 is 20.3 Å². The molecule has 8 heteroatoms. The first-order valence-electron chi connectivity index (χ1n) is 10.6. The van der Waals surface area contributed by atoms with E-state index in [1.165, 1.54) is 0 Å². The van der Waals surface area contributed by atoms with Gasteiger partial charge in [0.15, 0.2) is 5.82 Å². The lowest BCUT2D eigenvalue weighted by molar-refractivity contribution is -0.118. The van der Waals surface area contributed by atoms with Crippen molar-refractivity contribution >= 4 is 23.4 Å². The Kier molecular flexibility index (Phi) is 5.49. The van der Waals surface area contributed by atoms with Crippen molar-refractivity contribution in [1.82, 2.24) is 15.0 Å². The molecule has 30 heavy (non-hydrogen) atoms. The van der Waals surface area contributed by atoms with Crippen LogP contribution in [0.1, 0.15) is 38.1 Å². The largest absolute Gasteiger partial charge is 0.492 e. The highest BCUT2D eigenvalue weighted by Crippen LogP contribution is 2.35. The number of hydrogen-bond acceptors (Lipinski definition) is 7. The topological polar surface area (TPSA) is 92.3 Å². The normalized spacial score (nSPS) is 22.9. The molecular weight excluding hydrogens is 380 g/mol. The summed E-state index contributed by atoms with van der Waals surface area (Å²) in [4.78, 5) is 28.0. The quantitative estimate of drug-likeness (QED) is 0.756. The third kappa shape index (κ3) is 4.04. The van der Waals surface area contributed by atoms with Crippen LogP contribution in [0.4, 0.5) is 17.5 Å². The summed E-state index contributed by atoms with van der Waals surface area (Å²) in [5.74, 6) is 2.90. The molecule has 0 spiro atoms. The highest BCUT2D eigenvalue weighted by atomic mass is 16.5. The summed E-state index contributed by atoms with van der Waals surface area (Å²) >= 11 is 0. The van der Waals surface area contributed by atoms with Gasteiger partial charge in [-0.1, -0.05) is 13.8 Å². The summed E-state index contributed by atoms with van der Waals surface area (Å²) in [6.07, 6.45) is 3.80. The molecule has 0 bridgehead atoms. The summed E-state index contributed by atoms with van der Waals surface area (Å²) in [6, 6.07) is 4.01. The number of carbonyl (C=O) groups excluding carboxylic acids is 1. The van der Waals surface area contributed by atoms with Crippen LogP contribution in [0.3, 0.4) is 0 Å². The number of hydrogen-bond donors (Lipinski definition) is 2. The third-order valence-corrected chi connectivity index (χ3v) is 5.91. The van der Waals surface area contributed by atoms with E-state index in [-0.39, 0.29) is 17.9 Å². The molecule has 1 aliphatic carbocycles. The molecule has 2 aromatic heterocycles. The lowest BCUT2D eigenvalue weighted by Gasteiger charge is -2.38. The molecule has 2 aromatic rings. The standard InChI is InChI=1S/C22H30N6O2/c1-12(2)19-21(29)26-18-14(4)24-22(27-20(18)28(19)5)25-16-8-15(9-16)11-30-17-7-6-13(3)23-10-17/h6-7,10,12,15-16,19H,8-9,11H2,1-5H3,(H,26,29)(H,24,25,27)/t15?,16?,19-/m0/s1. The Morgan fingerprint density at radius 1 is 1.27 bits per heavy atom. The van der Waals surface area contributed by atoms with Crippen LogP contribution in [-0.4, -0.2) is 46.6 Å². The predicted octanol–water partition coefficient (Wildman–Crippen LogP) is 3.17. The fourth-order valence-electron chi connectivity index (χ4n) is 4.20. The second kappa shape index (κ2) is 8.08. The van der Waals surface area contributed by atoms with Gasteiger partial charge in [0.1, 0.15) is 17.5 Å². The maximum absolute atomic E-state index is 12.5. The van der Waals surface area contributed by atoms with E-state index in [0.29, 0.717) is 30.2 Å². The molecule has 160 valence electrons. The third-order valence-electron chi connectivity index (χ3n) is 5.91. The van der Waals surface area contributed by atoms with Crippen molar-refractivity contribution in [2.75, 3.05) is 29.2 Å². The molecule has 2 aliphatic rings. The predicted molar refractivity (Wildman–Crippen MR) is 117 cm³/mol. The lowest BCUT2D eigenvalue weighted by atomic mass is 9.81. The lowest BCUT2D eigenvalue weighted by Crippen LogP contribution is -2.50. The average Bonchev–Trinajstić information content (AvgIpc) is 2.65. The van der Waals surface area contributed by atoms with Crippen LogP contribution >= 0.6 is 0 Å². The minimum Gasteiger partial charge on any atom is -0.492 e. The molecule has 4 rings (SSSR count). The van der Waals surface area contributed by atoms with E-state index in [2.05, 4.69) is 20.6 Å². The second-order valence-corrected chi connectivity index (χ2v) is 8.75. The Hall–Kier alpha value is -2.90. The Bertz CT molecular complexity index is 924. The van der Waals surface area contributed by atoms with E-state index in [4.69, 9.17) is 9.72 Å². The van der Waals surface area contributed by atoms with Gasteiger partial charge in [0.2, 0.25) is 11.9 Å². The number of amides is 1. The number of likely N-dealkylation sites (N-methyl/N-ethyl adjacent to an activating group) is 1. The number of fused-ring (bicyclic) bond motifs is 1. The Morgan fingerprint density at radius 2 is 2.03 bits per heavy atom. The molecule has 0 unspecified atom stereocenters. The van der Waals surface area contributed by atoms with Crippen molar-refractivity contribution in [3.63, 3.8) is 0 Å². The van der Waals surface area contributed by atoms with Crippen molar-refractivity contribution in [3.05, 3.63) is 29.7 Å². The summed E-state index contributed by atoms with van der Waals surface area (Å²) in [5.41, 5.74) is 2.47. The van der Waals surface area contributed by atoms with Crippen LogP contribution in [0.5, 0.6) is 5.75 Å². The molecule has 1 atom stereocenters. The number of aryl methyl sites for hydroxylation is 2. The molecule has 3 heterocycles. The van der Waals surface area contributed by atoms with Gasteiger partial charge in [0, 0.05) is 18.8 Å². The maximum atomic E-state index is 12.5. The number of pyridine rings is 1. The molecule has 8 nitrogen and oxygen atoms in total. The van der Waals surface area contributed by atoms with E-state index in [0.717, 1.165) is 35.8 Å². The molecule has 1 aliphatic heterocycles. The molecule has 1 fully saturated rings. The zero-order valence-electron chi connectivity index (χ0n) is 18.3. The first-order valence-corrected chi connectivity index (χ1v) is 10.6. The van der Waals surface area contributed by atoms with Crippen LogP contribution in [-0.2, 0) is 4.79 Å². The van der Waals surface area contributed by atoms with Crippen LogP contribution in [0.2, 0.25) is 0 Å². The summed E-state index contributed by atoms with van der Waals surface area (Å²) < 4.78 is 5.85. The van der Waals surface area contributed by atoms with Gasteiger partial charge in [-0.15, -0.1) is 0 Å². The molecule has 0 aromatic carbocycles. The number of carbonyl (C=O) groups is 1. The zero-order chi connectivity index (χ0) is 21.4. The van der Waals surface area contributed by atoms with Crippen molar-refractivity contribution in [3.8, 4) is 5.75 Å². The summed E-state index contributed by atoms with van der Waals surface area (Å²) in [7, 11) is 1.93. The van der Waals surface area contributed by atoms with Crippen molar-refractivity contribution < 1.29 is 9.53 Å². The van der Waals surface area contributed by atoms with Crippen molar-refractivity contribution in [2.45, 2.75) is 52.6 Å².